The summed E-state index contributed by atoms with van der Waals surface area (Å²) >= 11 is 0. The van der Waals surface area contributed by atoms with Crippen LogP contribution in [-0.2, 0) is 13.6 Å². The minimum absolute atomic E-state index is 0.0311. The van der Waals surface area contributed by atoms with Crippen LogP contribution in [0.25, 0.3) is 10.8 Å². The largest absolute Gasteiger partial charge is 0.290 e. The average molecular weight is 416 g/mol. The lowest BCUT2D eigenvalue weighted by molar-refractivity contribution is 0.0840. The summed E-state index contributed by atoms with van der Waals surface area (Å²) in [5.74, 6) is -1.20. The summed E-state index contributed by atoms with van der Waals surface area (Å²) < 4.78 is 2.81. The van der Waals surface area contributed by atoms with Crippen molar-refractivity contribution in [3.63, 3.8) is 0 Å². The third-order valence-electron chi connectivity index (χ3n) is 4.89. The number of amides is 2. The Balaban J connectivity index is 1.64. The van der Waals surface area contributed by atoms with E-state index in [-0.39, 0.29) is 23.5 Å². The highest BCUT2D eigenvalue weighted by Crippen LogP contribution is 2.14. The molecule has 4 aromatic rings. The Morgan fingerprint density at radius 3 is 2.23 bits per heavy atom. The predicted molar refractivity (Wildman–Crippen MR) is 114 cm³/mol. The van der Waals surface area contributed by atoms with Gasteiger partial charge in [-0.15, -0.1) is 0 Å². The highest BCUT2D eigenvalue weighted by atomic mass is 16.2. The SMILES string of the molecule is Cc1cc(C(=O)NNC(=O)c2nn(Cc3ccccc3)c(=O)c3ccccc23)nn1C. The molecule has 9 heteroatoms. The van der Waals surface area contributed by atoms with Crippen LogP contribution in [-0.4, -0.2) is 31.4 Å². The quantitative estimate of drug-likeness (QED) is 0.491. The molecule has 0 saturated carbocycles. The lowest BCUT2D eigenvalue weighted by Crippen LogP contribution is -2.43. The molecule has 0 fully saturated rings. The molecule has 9 nitrogen and oxygen atoms in total. The molecule has 4 rings (SSSR count). The molecule has 0 atom stereocenters. The van der Waals surface area contributed by atoms with E-state index in [4.69, 9.17) is 0 Å². The zero-order valence-electron chi connectivity index (χ0n) is 17.0. The van der Waals surface area contributed by atoms with E-state index < -0.39 is 11.8 Å². The van der Waals surface area contributed by atoms with E-state index in [0.717, 1.165) is 11.3 Å². The van der Waals surface area contributed by atoms with Crippen LogP contribution in [0.15, 0.2) is 65.5 Å². The Labute approximate surface area is 177 Å². The van der Waals surface area contributed by atoms with E-state index in [1.165, 1.54) is 4.68 Å². The van der Waals surface area contributed by atoms with Crippen molar-refractivity contribution in [3.8, 4) is 0 Å². The van der Waals surface area contributed by atoms with Gasteiger partial charge in [-0.25, -0.2) is 4.68 Å². The summed E-state index contributed by atoms with van der Waals surface area (Å²) in [7, 11) is 1.72. The van der Waals surface area contributed by atoms with Crippen molar-refractivity contribution < 1.29 is 9.59 Å². The van der Waals surface area contributed by atoms with Gasteiger partial charge in [0.1, 0.15) is 0 Å². The minimum Gasteiger partial charge on any atom is -0.272 e. The van der Waals surface area contributed by atoms with Crippen LogP contribution in [0.5, 0.6) is 0 Å². The Hall–Kier alpha value is -4.27. The number of carbonyl (C=O) groups excluding carboxylic acids is 2. The molecule has 0 saturated heterocycles. The van der Waals surface area contributed by atoms with E-state index in [2.05, 4.69) is 21.0 Å². The number of fused-ring (bicyclic) bond motifs is 1. The van der Waals surface area contributed by atoms with Gasteiger partial charge in [0.05, 0.1) is 11.9 Å². The summed E-state index contributed by atoms with van der Waals surface area (Å²) in [6, 6.07) is 17.7. The molecule has 2 amide bonds. The summed E-state index contributed by atoms with van der Waals surface area (Å²) in [6.07, 6.45) is 0. The molecule has 0 aliphatic heterocycles. The number of carbonyl (C=O) groups is 2. The second-order valence-electron chi connectivity index (χ2n) is 7.05. The number of hydrazine groups is 1. The smallest absolute Gasteiger partial charge is 0.272 e. The van der Waals surface area contributed by atoms with E-state index in [0.29, 0.717) is 10.8 Å². The molecule has 0 aliphatic rings. The Morgan fingerprint density at radius 1 is 0.903 bits per heavy atom. The fourth-order valence-corrected chi connectivity index (χ4v) is 3.17. The molecular weight excluding hydrogens is 396 g/mol. The monoisotopic (exact) mass is 416 g/mol. The fourth-order valence-electron chi connectivity index (χ4n) is 3.17. The molecule has 31 heavy (non-hydrogen) atoms. The highest BCUT2D eigenvalue weighted by Gasteiger charge is 2.18. The first-order valence-corrected chi connectivity index (χ1v) is 9.59. The van der Waals surface area contributed by atoms with Crippen LogP contribution in [0.3, 0.4) is 0 Å². The van der Waals surface area contributed by atoms with Crippen LogP contribution in [0.2, 0.25) is 0 Å². The van der Waals surface area contributed by atoms with Crippen molar-refractivity contribution in [3.05, 3.63) is 93.7 Å². The molecule has 0 spiro atoms. The molecule has 156 valence electrons. The maximum atomic E-state index is 12.9. The van der Waals surface area contributed by atoms with Crippen molar-refractivity contribution >= 4 is 22.6 Å². The fraction of sp³-hybridized carbons (Fsp3) is 0.136. The lowest BCUT2D eigenvalue weighted by atomic mass is 10.1. The van der Waals surface area contributed by atoms with Gasteiger partial charge in [0.25, 0.3) is 17.4 Å². The molecule has 0 unspecified atom stereocenters. The Bertz CT molecular complexity index is 1320. The first-order chi connectivity index (χ1) is 14.9. The zero-order chi connectivity index (χ0) is 22.0. The van der Waals surface area contributed by atoms with Gasteiger partial charge in [-0.2, -0.15) is 10.2 Å². The number of rotatable bonds is 4. The van der Waals surface area contributed by atoms with Gasteiger partial charge in [0, 0.05) is 18.1 Å². The first-order valence-electron chi connectivity index (χ1n) is 9.59. The van der Waals surface area contributed by atoms with E-state index in [1.54, 1.807) is 42.1 Å². The van der Waals surface area contributed by atoms with Gasteiger partial charge < -0.3 is 0 Å². The lowest BCUT2D eigenvalue weighted by Gasteiger charge is -2.11. The van der Waals surface area contributed by atoms with Crippen molar-refractivity contribution in [1.29, 1.82) is 0 Å². The summed E-state index contributed by atoms with van der Waals surface area (Å²) in [5.41, 5.74) is 6.29. The maximum absolute atomic E-state index is 12.9. The molecule has 0 bridgehead atoms. The van der Waals surface area contributed by atoms with Crippen LogP contribution in [0.1, 0.15) is 32.2 Å². The standard InChI is InChI=1S/C22H20N6O3/c1-14-12-18(25-27(14)2)20(29)23-24-21(30)19-16-10-6-7-11-17(16)22(31)28(26-19)13-15-8-4-3-5-9-15/h3-12H,13H2,1-2H3,(H,23,29)(H,24,30). The van der Waals surface area contributed by atoms with Gasteiger partial charge in [-0.1, -0.05) is 48.5 Å². The molecular formula is C22H20N6O3. The average Bonchev–Trinajstić information content (AvgIpc) is 3.13. The van der Waals surface area contributed by atoms with Gasteiger partial charge in [-0.05, 0) is 24.6 Å². The van der Waals surface area contributed by atoms with Crippen LogP contribution in [0.4, 0.5) is 0 Å². The van der Waals surface area contributed by atoms with E-state index in [9.17, 15) is 14.4 Å². The van der Waals surface area contributed by atoms with Gasteiger partial charge in [0.15, 0.2) is 11.4 Å². The summed E-state index contributed by atoms with van der Waals surface area (Å²) in [6.45, 7) is 2.03. The highest BCUT2D eigenvalue weighted by molar-refractivity contribution is 6.05. The maximum Gasteiger partial charge on any atom is 0.290 e. The molecule has 2 aromatic carbocycles. The van der Waals surface area contributed by atoms with Gasteiger partial charge >= 0.3 is 0 Å². The van der Waals surface area contributed by atoms with Crippen molar-refractivity contribution in [2.75, 3.05) is 0 Å². The van der Waals surface area contributed by atoms with E-state index >= 15 is 0 Å². The molecule has 2 aromatic heterocycles. The topological polar surface area (TPSA) is 111 Å². The number of hydrogen-bond donors (Lipinski definition) is 2. The molecule has 2 N–H and O–H groups in total. The number of nitrogens with zero attached hydrogens (tertiary/aromatic N) is 4. The molecule has 2 heterocycles. The van der Waals surface area contributed by atoms with Gasteiger partial charge in [-0.3, -0.25) is 29.9 Å². The zero-order valence-corrected chi connectivity index (χ0v) is 17.0. The van der Waals surface area contributed by atoms with Gasteiger partial charge in [0.2, 0.25) is 0 Å². The number of nitrogens with one attached hydrogen (secondary N) is 2. The third-order valence-corrected chi connectivity index (χ3v) is 4.89. The third kappa shape index (κ3) is 4.06. The number of aromatic nitrogens is 4. The number of benzene rings is 2. The Morgan fingerprint density at radius 2 is 1.55 bits per heavy atom. The Kier molecular flexibility index (Phi) is 5.31. The minimum atomic E-state index is -0.640. The van der Waals surface area contributed by atoms with Crippen molar-refractivity contribution in [1.82, 2.24) is 30.4 Å². The molecule has 0 radical (unpaired) electrons. The van der Waals surface area contributed by atoms with Crippen molar-refractivity contribution in [2.45, 2.75) is 13.5 Å². The summed E-state index contributed by atoms with van der Waals surface area (Å²) in [5, 5.41) is 9.13. The predicted octanol–water partition coefficient (Wildman–Crippen LogP) is 1.56. The van der Waals surface area contributed by atoms with E-state index in [1.807, 2.05) is 37.3 Å². The van der Waals surface area contributed by atoms with Crippen LogP contribution in [0, 0.1) is 6.92 Å². The molecule has 0 aliphatic carbocycles. The second kappa shape index (κ2) is 8.23. The van der Waals surface area contributed by atoms with Crippen LogP contribution < -0.4 is 16.4 Å². The second-order valence-corrected chi connectivity index (χ2v) is 7.05. The first kappa shape index (κ1) is 20.0. The number of hydrogen-bond acceptors (Lipinski definition) is 5. The normalized spacial score (nSPS) is 10.8. The van der Waals surface area contributed by atoms with Crippen molar-refractivity contribution in [2.24, 2.45) is 7.05 Å². The summed E-state index contributed by atoms with van der Waals surface area (Å²) in [4.78, 5) is 38.0. The number of aryl methyl sites for hydroxylation is 2. The van der Waals surface area contributed by atoms with Crippen LogP contribution >= 0.6 is 0 Å².